The van der Waals surface area contributed by atoms with Gasteiger partial charge in [0.2, 0.25) is 5.88 Å². The first-order valence-electron chi connectivity index (χ1n) is 3.13. The lowest BCUT2D eigenvalue weighted by atomic mass is 10.3. The van der Waals surface area contributed by atoms with Crippen molar-refractivity contribution in [3.05, 3.63) is 21.4 Å². The molecule has 12 heavy (non-hydrogen) atoms. The molecule has 1 aromatic rings. The molecule has 0 saturated heterocycles. The van der Waals surface area contributed by atoms with Crippen molar-refractivity contribution in [2.75, 3.05) is 7.11 Å². The lowest BCUT2D eigenvalue weighted by Crippen LogP contribution is -1.96. The molecule has 0 spiro atoms. The van der Waals surface area contributed by atoms with Crippen LogP contribution in [0.2, 0.25) is 0 Å². The van der Waals surface area contributed by atoms with Gasteiger partial charge in [0.25, 0.3) is 6.43 Å². The number of pyridine rings is 1. The van der Waals surface area contributed by atoms with Gasteiger partial charge in [0.05, 0.1) is 7.11 Å². The molecule has 0 saturated carbocycles. The highest BCUT2D eigenvalue weighted by Crippen LogP contribution is 2.24. The van der Waals surface area contributed by atoms with Crippen molar-refractivity contribution in [2.45, 2.75) is 6.43 Å². The van der Waals surface area contributed by atoms with Gasteiger partial charge in [-0.05, 0) is 28.7 Å². The zero-order valence-electron chi connectivity index (χ0n) is 6.22. The van der Waals surface area contributed by atoms with Gasteiger partial charge < -0.3 is 4.74 Å². The minimum atomic E-state index is -2.55. The molecule has 1 aromatic heterocycles. The van der Waals surface area contributed by atoms with E-state index in [1.54, 1.807) is 12.1 Å². The smallest absolute Gasteiger partial charge is 0.281 e. The molecule has 0 aliphatic rings. The predicted molar refractivity (Wildman–Crippen MR) is 48.5 cm³/mol. The first-order chi connectivity index (χ1) is 5.65. The average Bonchev–Trinajstić information content (AvgIpc) is 2.05. The maximum absolute atomic E-state index is 12.2. The fraction of sp³-hybridized carbons (Fsp3) is 0.286. The standard InChI is InChI=1S/C7H6F2INO/c1-12-5-3-2-4(10)6(11-5)7(8)9/h2-3,7H,1H3. The summed E-state index contributed by atoms with van der Waals surface area (Å²) in [5.41, 5.74) is -0.227. The fourth-order valence-corrected chi connectivity index (χ4v) is 1.24. The number of alkyl halides is 2. The predicted octanol–water partition coefficient (Wildman–Crippen LogP) is 2.63. The molecule has 0 aliphatic carbocycles. The van der Waals surface area contributed by atoms with Crippen molar-refractivity contribution in [1.82, 2.24) is 4.98 Å². The molecule has 2 nitrogen and oxygen atoms in total. The summed E-state index contributed by atoms with van der Waals surface area (Å²) in [6, 6.07) is 3.10. The van der Waals surface area contributed by atoms with Crippen molar-refractivity contribution in [2.24, 2.45) is 0 Å². The molecule has 1 heterocycles. The summed E-state index contributed by atoms with van der Waals surface area (Å²) < 4.78 is 29.6. The van der Waals surface area contributed by atoms with E-state index in [0.29, 0.717) is 3.57 Å². The Morgan fingerprint density at radius 3 is 2.67 bits per heavy atom. The first-order valence-corrected chi connectivity index (χ1v) is 4.21. The van der Waals surface area contributed by atoms with E-state index in [-0.39, 0.29) is 11.6 Å². The van der Waals surface area contributed by atoms with Crippen molar-refractivity contribution in [3.63, 3.8) is 0 Å². The van der Waals surface area contributed by atoms with E-state index in [0.717, 1.165) is 0 Å². The largest absolute Gasteiger partial charge is 0.481 e. The molecule has 0 N–H and O–H groups in total. The van der Waals surface area contributed by atoms with Gasteiger partial charge in [-0.25, -0.2) is 13.8 Å². The molecule has 0 unspecified atom stereocenters. The van der Waals surface area contributed by atoms with Crippen LogP contribution in [0.3, 0.4) is 0 Å². The first kappa shape index (κ1) is 9.63. The zero-order chi connectivity index (χ0) is 9.14. The average molecular weight is 285 g/mol. The van der Waals surface area contributed by atoms with Crippen LogP contribution in [0.25, 0.3) is 0 Å². The van der Waals surface area contributed by atoms with Crippen LogP contribution in [0, 0.1) is 3.57 Å². The molecule has 0 bridgehead atoms. The molecular formula is C7H6F2INO. The number of hydrogen-bond acceptors (Lipinski definition) is 2. The number of aromatic nitrogens is 1. The Kier molecular flexibility index (Phi) is 3.19. The van der Waals surface area contributed by atoms with E-state index >= 15 is 0 Å². The zero-order valence-corrected chi connectivity index (χ0v) is 8.38. The van der Waals surface area contributed by atoms with Gasteiger partial charge in [0, 0.05) is 9.64 Å². The number of methoxy groups -OCH3 is 1. The quantitative estimate of drug-likeness (QED) is 0.779. The van der Waals surface area contributed by atoms with Crippen molar-refractivity contribution < 1.29 is 13.5 Å². The summed E-state index contributed by atoms with van der Waals surface area (Å²) in [6.07, 6.45) is -2.55. The third-order valence-electron chi connectivity index (χ3n) is 1.26. The minimum absolute atomic E-state index is 0.214. The second-order valence-electron chi connectivity index (χ2n) is 2.02. The summed E-state index contributed by atoms with van der Waals surface area (Å²) in [6.45, 7) is 0. The minimum Gasteiger partial charge on any atom is -0.481 e. The molecule has 0 atom stereocenters. The van der Waals surface area contributed by atoms with Crippen LogP contribution in [0.1, 0.15) is 12.1 Å². The van der Waals surface area contributed by atoms with E-state index in [1.165, 1.54) is 7.11 Å². The molecule has 66 valence electrons. The van der Waals surface area contributed by atoms with Crippen LogP contribution in [0.4, 0.5) is 8.78 Å². The Hall–Kier alpha value is -0.460. The summed E-state index contributed by atoms with van der Waals surface area (Å²) >= 11 is 1.81. The molecule has 0 fully saturated rings. The molecule has 0 amide bonds. The van der Waals surface area contributed by atoms with Gasteiger partial charge in [-0.2, -0.15) is 0 Å². The van der Waals surface area contributed by atoms with Crippen LogP contribution < -0.4 is 4.74 Å². The van der Waals surface area contributed by atoms with E-state index in [2.05, 4.69) is 4.98 Å². The fourth-order valence-electron chi connectivity index (χ4n) is 0.706. The Balaban J connectivity index is 3.08. The van der Waals surface area contributed by atoms with Crippen LogP contribution in [-0.4, -0.2) is 12.1 Å². The van der Waals surface area contributed by atoms with Gasteiger partial charge in [0.15, 0.2) is 0 Å². The number of rotatable bonds is 2. The SMILES string of the molecule is COc1ccc(I)c(C(F)F)n1. The molecule has 5 heteroatoms. The second-order valence-corrected chi connectivity index (χ2v) is 3.18. The van der Waals surface area contributed by atoms with Gasteiger partial charge in [-0.15, -0.1) is 0 Å². The second kappa shape index (κ2) is 3.97. The van der Waals surface area contributed by atoms with Crippen molar-refractivity contribution in [1.29, 1.82) is 0 Å². The molecule has 1 rings (SSSR count). The highest BCUT2D eigenvalue weighted by molar-refractivity contribution is 14.1. The van der Waals surface area contributed by atoms with E-state index in [1.807, 2.05) is 22.6 Å². The van der Waals surface area contributed by atoms with Crippen molar-refractivity contribution >= 4 is 22.6 Å². The van der Waals surface area contributed by atoms with E-state index < -0.39 is 6.43 Å². The third kappa shape index (κ3) is 2.02. The monoisotopic (exact) mass is 285 g/mol. The highest BCUT2D eigenvalue weighted by Gasteiger charge is 2.13. The van der Waals surface area contributed by atoms with Gasteiger partial charge in [0.1, 0.15) is 5.69 Å². The van der Waals surface area contributed by atoms with E-state index in [9.17, 15) is 8.78 Å². The number of ether oxygens (including phenoxy) is 1. The normalized spacial score (nSPS) is 10.4. The maximum Gasteiger partial charge on any atom is 0.281 e. The Morgan fingerprint density at radius 1 is 1.50 bits per heavy atom. The van der Waals surface area contributed by atoms with Crippen LogP contribution in [0.15, 0.2) is 12.1 Å². The molecule has 0 radical (unpaired) electrons. The van der Waals surface area contributed by atoms with Gasteiger partial charge >= 0.3 is 0 Å². The summed E-state index contributed by atoms with van der Waals surface area (Å²) in [5, 5.41) is 0. The van der Waals surface area contributed by atoms with E-state index in [4.69, 9.17) is 4.74 Å². The van der Waals surface area contributed by atoms with Gasteiger partial charge in [-0.1, -0.05) is 0 Å². The molecule has 0 aromatic carbocycles. The maximum atomic E-state index is 12.2. The lowest BCUT2D eigenvalue weighted by molar-refractivity contribution is 0.144. The highest BCUT2D eigenvalue weighted by atomic mass is 127. The number of nitrogens with zero attached hydrogens (tertiary/aromatic N) is 1. The topological polar surface area (TPSA) is 22.1 Å². The summed E-state index contributed by atoms with van der Waals surface area (Å²) in [4.78, 5) is 3.61. The van der Waals surface area contributed by atoms with Crippen LogP contribution >= 0.6 is 22.6 Å². The number of halogens is 3. The summed E-state index contributed by atoms with van der Waals surface area (Å²) in [7, 11) is 1.39. The number of hydrogen-bond donors (Lipinski definition) is 0. The van der Waals surface area contributed by atoms with Crippen LogP contribution in [-0.2, 0) is 0 Å². The summed E-state index contributed by atoms with van der Waals surface area (Å²) in [5.74, 6) is 0.214. The Morgan fingerprint density at radius 2 is 2.17 bits per heavy atom. The molecule has 0 aliphatic heterocycles. The third-order valence-corrected chi connectivity index (χ3v) is 2.18. The Bertz CT molecular complexity index is 280. The van der Waals surface area contributed by atoms with Crippen molar-refractivity contribution in [3.8, 4) is 5.88 Å². The van der Waals surface area contributed by atoms with Gasteiger partial charge in [-0.3, -0.25) is 0 Å². The molecular weight excluding hydrogens is 279 g/mol. The lowest BCUT2D eigenvalue weighted by Gasteiger charge is -2.04. The van der Waals surface area contributed by atoms with Crippen LogP contribution in [0.5, 0.6) is 5.88 Å². The Labute approximate surface area is 82.1 Å².